The van der Waals surface area contributed by atoms with Crippen LogP contribution in [0.2, 0.25) is 0 Å². The van der Waals surface area contributed by atoms with Gasteiger partial charge in [-0.25, -0.2) is 29.9 Å². The van der Waals surface area contributed by atoms with Crippen LogP contribution in [0.25, 0.3) is 95.5 Å². The molecule has 0 radical (unpaired) electrons. The molecule has 316 valence electrons. The van der Waals surface area contributed by atoms with Crippen molar-refractivity contribution in [1.29, 1.82) is 0 Å². The van der Waals surface area contributed by atoms with E-state index in [9.17, 15) is 0 Å². The van der Waals surface area contributed by atoms with E-state index < -0.39 is 0 Å². The largest absolute Gasteiger partial charge is 0.209 e. The summed E-state index contributed by atoms with van der Waals surface area (Å²) in [4.78, 5) is 30.6. The first-order valence-corrected chi connectivity index (χ1v) is 22.3. The van der Waals surface area contributed by atoms with Crippen LogP contribution in [-0.2, 0) is 0 Å². The van der Waals surface area contributed by atoms with Gasteiger partial charge in [-0.1, -0.05) is 211 Å². The molecule has 0 atom stereocenters. The number of nitrogens with zero attached hydrogens (tertiary/aromatic N) is 6. The number of fused-ring (bicyclic) bond motifs is 1. The van der Waals surface area contributed by atoms with Crippen LogP contribution >= 0.6 is 0 Å². The van der Waals surface area contributed by atoms with Crippen molar-refractivity contribution < 1.29 is 0 Å². The second kappa shape index (κ2) is 18.7. The van der Waals surface area contributed by atoms with Crippen molar-refractivity contribution in [3.05, 3.63) is 235 Å². The van der Waals surface area contributed by atoms with Gasteiger partial charge in [0.2, 0.25) is 0 Å². The molecule has 1 aliphatic rings. The van der Waals surface area contributed by atoms with E-state index >= 15 is 0 Å². The maximum atomic E-state index is 5.19. The maximum absolute atomic E-state index is 5.19. The van der Waals surface area contributed by atoms with Crippen LogP contribution in [0.3, 0.4) is 0 Å². The monoisotopic (exact) mass is 850 g/mol. The first kappa shape index (κ1) is 41.5. The van der Waals surface area contributed by atoms with E-state index in [-0.39, 0.29) is 0 Å². The van der Waals surface area contributed by atoms with E-state index in [1.54, 1.807) is 0 Å². The number of aromatic nitrogens is 6. The van der Waals surface area contributed by atoms with Gasteiger partial charge in [-0.2, -0.15) is 0 Å². The van der Waals surface area contributed by atoms with Gasteiger partial charge in [-0.05, 0) is 77.9 Å². The molecule has 0 unspecified atom stereocenters. The zero-order chi connectivity index (χ0) is 44.8. The molecule has 0 fully saturated rings. The van der Waals surface area contributed by atoms with Gasteiger partial charge in [-0.3, -0.25) is 0 Å². The van der Waals surface area contributed by atoms with Gasteiger partial charge < -0.3 is 0 Å². The summed E-state index contributed by atoms with van der Waals surface area (Å²) in [7, 11) is 0. The SMILES string of the molecule is CC1=CC=C(c2nc(-c3ccccc3)nc(-c3cccc(-c4c(-c5cccc(-c6nc(-c7ccccc7)nc(-c7ccc(C)cc7)n6)c5)c(C)cccccc5ccccc45)c3)n2)CC=C1. The van der Waals surface area contributed by atoms with Crippen LogP contribution in [0, 0.1) is 13.8 Å². The number of rotatable bonds is 8. The van der Waals surface area contributed by atoms with E-state index in [2.05, 4.69) is 172 Å². The van der Waals surface area contributed by atoms with Crippen LogP contribution < -0.4 is 0 Å². The number of hydrogen-bond acceptors (Lipinski definition) is 6. The average molecular weight is 851 g/mol. The highest BCUT2D eigenvalue weighted by Crippen LogP contribution is 2.41. The van der Waals surface area contributed by atoms with E-state index in [4.69, 9.17) is 29.9 Å². The third-order valence-electron chi connectivity index (χ3n) is 11.7. The molecule has 0 spiro atoms. The fraction of sp³-hybridized carbons (Fsp3) is 0.0667. The molecule has 2 heterocycles. The zero-order valence-electron chi connectivity index (χ0n) is 37.1. The van der Waals surface area contributed by atoms with E-state index in [0.29, 0.717) is 34.9 Å². The summed E-state index contributed by atoms with van der Waals surface area (Å²) >= 11 is 0. The molecule has 0 saturated heterocycles. The summed E-state index contributed by atoms with van der Waals surface area (Å²) in [5, 5.41) is 2.20. The van der Waals surface area contributed by atoms with Gasteiger partial charge >= 0.3 is 0 Å². The Hall–Kier alpha value is -8.48. The first-order valence-electron chi connectivity index (χ1n) is 22.3. The fourth-order valence-corrected chi connectivity index (χ4v) is 8.32. The van der Waals surface area contributed by atoms with Crippen molar-refractivity contribution >= 4 is 16.3 Å². The fourth-order valence-electron chi connectivity index (χ4n) is 8.32. The Labute approximate surface area is 385 Å². The molecule has 2 aromatic heterocycles. The summed E-state index contributed by atoms with van der Waals surface area (Å²) in [6.07, 6.45) is 9.28. The Morgan fingerprint density at radius 3 is 1.38 bits per heavy atom. The highest BCUT2D eigenvalue weighted by atomic mass is 15.0. The second-order valence-corrected chi connectivity index (χ2v) is 16.5. The summed E-state index contributed by atoms with van der Waals surface area (Å²) in [6.45, 7) is 6.37. The smallest absolute Gasteiger partial charge is 0.164 e. The van der Waals surface area contributed by atoms with Crippen molar-refractivity contribution in [1.82, 2.24) is 29.9 Å². The molecule has 7 aromatic carbocycles. The topological polar surface area (TPSA) is 77.3 Å². The molecule has 0 saturated carbocycles. The summed E-state index contributed by atoms with van der Waals surface area (Å²) in [5.74, 6) is 3.74. The standard InChI is InChI=1S/C60H46N6/c1-40-18-15-26-46(35-32-40)57-61-55(44-22-9-5-10-23-44)63-60(65-57)51-30-17-28-49(39-51)54-52-31-14-13-21-43(52)20-8-4-7-19-42(3)53(54)48-27-16-29-50(38-48)59-64-56(45-24-11-6-12-25-45)62-58(66-59)47-36-33-41(2)34-37-47/h4-25,27-39H,26H2,1-3H3. The summed E-state index contributed by atoms with van der Waals surface area (Å²) < 4.78 is 0. The lowest BCUT2D eigenvalue weighted by Gasteiger charge is -2.16. The quantitative estimate of drug-likeness (QED) is 0.152. The van der Waals surface area contributed by atoms with Gasteiger partial charge in [0.05, 0.1) is 0 Å². The molecule has 0 amide bonds. The Kier molecular flexibility index (Phi) is 11.8. The van der Waals surface area contributed by atoms with Gasteiger partial charge in [-0.15, -0.1) is 0 Å². The lowest BCUT2D eigenvalue weighted by Crippen LogP contribution is -2.03. The van der Waals surface area contributed by atoms with Gasteiger partial charge in [0.1, 0.15) is 0 Å². The molecular weight excluding hydrogens is 805 g/mol. The maximum Gasteiger partial charge on any atom is 0.164 e. The Morgan fingerprint density at radius 1 is 0.348 bits per heavy atom. The highest BCUT2D eigenvalue weighted by molar-refractivity contribution is 6.03. The van der Waals surface area contributed by atoms with Gasteiger partial charge in [0.15, 0.2) is 34.9 Å². The molecular formula is C60H46N6. The molecule has 0 bridgehead atoms. The third kappa shape index (κ3) is 8.99. The van der Waals surface area contributed by atoms with Crippen LogP contribution in [0.15, 0.2) is 218 Å². The average Bonchev–Trinajstić information content (AvgIpc) is 3.60. The third-order valence-corrected chi connectivity index (χ3v) is 11.7. The number of aryl methyl sites for hydroxylation is 2. The second-order valence-electron chi connectivity index (χ2n) is 16.5. The Bertz CT molecular complexity index is 3410. The molecule has 1 aliphatic carbocycles. The first-order chi connectivity index (χ1) is 32.4. The lowest BCUT2D eigenvalue weighted by atomic mass is 9.88. The number of benzene rings is 6. The molecule has 66 heavy (non-hydrogen) atoms. The van der Waals surface area contributed by atoms with Crippen molar-refractivity contribution in [3.63, 3.8) is 0 Å². The van der Waals surface area contributed by atoms with Crippen molar-refractivity contribution in [3.8, 4) is 79.2 Å². The van der Waals surface area contributed by atoms with Gasteiger partial charge in [0, 0.05) is 33.4 Å². The van der Waals surface area contributed by atoms with Crippen LogP contribution in [0.4, 0.5) is 0 Å². The van der Waals surface area contributed by atoms with Crippen LogP contribution in [0.1, 0.15) is 30.3 Å². The van der Waals surface area contributed by atoms with Crippen molar-refractivity contribution in [2.75, 3.05) is 0 Å². The number of hydrogen-bond donors (Lipinski definition) is 0. The number of allylic oxidation sites excluding steroid dienone is 6. The molecule has 0 N–H and O–H groups in total. The minimum atomic E-state index is 0.597. The molecule has 10 rings (SSSR count). The zero-order valence-corrected chi connectivity index (χ0v) is 37.1. The van der Waals surface area contributed by atoms with E-state index in [0.717, 1.165) is 78.4 Å². The summed E-state index contributed by atoms with van der Waals surface area (Å²) in [5.41, 5.74) is 13.3. The minimum absolute atomic E-state index is 0.597. The molecule has 9 aromatic rings. The molecule has 6 nitrogen and oxygen atoms in total. The Balaban J connectivity index is 1.19. The highest BCUT2D eigenvalue weighted by Gasteiger charge is 2.19. The van der Waals surface area contributed by atoms with Crippen LogP contribution in [-0.4, -0.2) is 29.9 Å². The lowest BCUT2D eigenvalue weighted by molar-refractivity contribution is 1.02. The Morgan fingerprint density at radius 2 is 0.788 bits per heavy atom. The summed E-state index contributed by atoms with van der Waals surface area (Å²) in [6, 6.07) is 65.0. The van der Waals surface area contributed by atoms with Crippen molar-refractivity contribution in [2.24, 2.45) is 0 Å². The normalized spacial score (nSPS) is 12.2. The van der Waals surface area contributed by atoms with E-state index in [1.807, 2.05) is 60.7 Å². The molecule has 0 aliphatic heterocycles. The van der Waals surface area contributed by atoms with Gasteiger partial charge in [0.25, 0.3) is 0 Å². The predicted octanol–water partition coefficient (Wildman–Crippen LogP) is 14.9. The predicted molar refractivity (Wildman–Crippen MR) is 271 cm³/mol. The van der Waals surface area contributed by atoms with Crippen molar-refractivity contribution in [2.45, 2.75) is 27.2 Å². The minimum Gasteiger partial charge on any atom is -0.209 e. The van der Waals surface area contributed by atoms with Crippen LogP contribution in [0.5, 0.6) is 0 Å². The molecule has 6 heteroatoms. The van der Waals surface area contributed by atoms with E-state index in [1.165, 1.54) is 11.1 Å².